The number of unbranched alkanes of at least 4 members (excludes halogenated alkanes) is 70. The molecule has 9 heteroatoms. The summed E-state index contributed by atoms with van der Waals surface area (Å²) in [6.07, 6.45) is 103. The van der Waals surface area contributed by atoms with Crippen molar-refractivity contribution in [2.24, 2.45) is 0 Å². The van der Waals surface area contributed by atoms with Crippen molar-refractivity contribution in [1.29, 1.82) is 0 Å². The molecule has 0 saturated heterocycles. The highest BCUT2D eigenvalue weighted by Gasteiger charge is 2.25. The molecule has 0 aliphatic heterocycles. The van der Waals surface area contributed by atoms with Crippen LogP contribution >= 0.6 is 0 Å². The first-order valence-electron chi connectivity index (χ1n) is 45.4. The van der Waals surface area contributed by atoms with Crippen molar-refractivity contribution in [1.82, 2.24) is 0 Å². The number of rotatable bonds is 87. The van der Waals surface area contributed by atoms with E-state index in [9.17, 15) is 19.5 Å². The monoisotopic (exact) mass is 1410 g/mol. The van der Waals surface area contributed by atoms with Crippen LogP contribution in [0, 0.1) is 0 Å². The number of ether oxygens (including phenoxy) is 4. The van der Waals surface area contributed by atoms with E-state index < -0.39 is 18.4 Å². The Morgan fingerprint density at radius 1 is 0.290 bits per heavy atom. The quantitative estimate of drug-likeness (QED) is 0.0211. The molecule has 0 aliphatic rings. The summed E-state index contributed by atoms with van der Waals surface area (Å²) in [5.74, 6) is -1.96. The molecule has 594 valence electrons. The van der Waals surface area contributed by atoms with Crippen molar-refractivity contribution in [2.75, 3.05) is 47.5 Å². The van der Waals surface area contributed by atoms with E-state index in [0.717, 1.165) is 38.5 Å². The topological polar surface area (TPSA) is 108 Å². The van der Waals surface area contributed by atoms with E-state index in [2.05, 4.69) is 26.0 Å². The van der Waals surface area contributed by atoms with Crippen molar-refractivity contribution < 1.29 is 42.9 Å². The lowest BCUT2D eigenvalue weighted by Crippen LogP contribution is -2.40. The second-order valence-electron chi connectivity index (χ2n) is 32.6. The van der Waals surface area contributed by atoms with Crippen LogP contribution < -0.4 is 0 Å². The molecular weight excluding hydrogens is 1230 g/mol. The molecule has 2 atom stereocenters. The number of aliphatic carboxylic acids is 1. The van der Waals surface area contributed by atoms with Crippen molar-refractivity contribution in [3.8, 4) is 0 Å². The maximum atomic E-state index is 13.0. The van der Waals surface area contributed by atoms with Gasteiger partial charge in [0.25, 0.3) is 6.29 Å². The molecular formula is C91H178NO8+. The second kappa shape index (κ2) is 82.7. The lowest BCUT2D eigenvalue weighted by molar-refractivity contribution is -0.870. The van der Waals surface area contributed by atoms with Crippen LogP contribution in [0.25, 0.3) is 0 Å². The molecule has 0 bridgehead atoms. The molecule has 0 fully saturated rings. The maximum absolute atomic E-state index is 13.0. The van der Waals surface area contributed by atoms with Gasteiger partial charge in [-0.2, -0.15) is 0 Å². The van der Waals surface area contributed by atoms with Gasteiger partial charge in [-0.15, -0.1) is 0 Å². The minimum atomic E-state index is -1.51. The summed E-state index contributed by atoms with van der Waals surface area (Å²) < 4.78 is 23.1. The van der Waals surface area contributed by atoms with E-state index in [1.165, 1.54) is 430 Å². The highest BCUT2D eigenvalue weighted by atomic mass is 16.7. The zero-order chi connectivity index (χ0) is 72.5. The Labute approximate surface area is 625 Å². The van der Waals surface area contributed by atoms with Gasteiger partial charge < -0.3 is 28.5 Å². The number of nitrogens with zero attached hydrogens (tertiary/aromatic N) is 1. The summed E-state index contributed by atoms with van der Waals surface area (Å²) >= 11 is 0. The lowest BCUT2D eigenvalue weighted by atomic mass is 10.0. The van der Waals surface area contributed by atoms with E-state index in [-0.39, 0.29) is 38.2 Å². The van der Waals surface area contributed by atoms with E-state index >= 15 is 0 Å². The van der Waals surface area contributed by atoms with Gasteiger partial charge in [0.1, 0.15) is 13.2 Å². The Morgan fingerprint density at radius 2 is 0.510 bits per heavy atom. The van der Waals surface area contributed by atoms with Gasteiger partial charge in [0.2, 0.25) is 0 Å². The van der Waals surface area contributed by atoms with Crippen LogP contribution in [-0.2, 0) is 33.3 Å². The number of esters is 2. The number of carbonyl (C=O) groups excluding carboxylic acids is 2. The number of hydrogen-bond acceptors (Lipinski definition) is 7. The third kappa shape index (κ3) is 83.3. The van der Waals surface area contributed by atoms with Gasteiger partial charge in [-0.3, -0.25) is 9.59 Å². The highest BCUT2D eigenvalue weighted by Crippen LogP contribution is 2.22. The van der Waals surface area contributed by atoms with Gasteiger partial charge in [-0.1, -0.05) is 456 Å². The number of carboxylic acid groups (broad SMARTS) is 1. The third-order valence-corrected chi connectivity index (χ3v) is 21.3. The first-order chi connectivity index (χ1) is 49.1. The third-order valence-electron chi connectivity index (χ3n) is 21.3. The van der Waals surface area contributed by atoms with Gasteiger partial charge in [0.05, 0.1) is 34.4 Å². The Kier molecular flexibility index (Phi) is 81.1. The number of carboxylic acids is 1. The average molecular weight is 1410 g/mol. The number of quaternary nitrogens is 1. The summed E-state index contributed by atoms with van der Waals surface area (Å²) in [5, 5.41) is 9.79. The zero-order valence-electron chi connectivity index (χ0n) is 68.4. The molecule has 0 amide bonds. The molecule has 2 unspecified atom stereocenters. The normalized spacial score (nSPS) is 12.5. The van der Waals surface area contributed by atoms with Crippen LogP contribution in [0.15, 0.2) is 12.2 Å². The number of hydrogen-bond donors (Lipinski definition) is 1. The number of likely N-dealkylation sites (N-methyl/N-ethyl adjacent to an activating group) is 1. The lowest BCUT2D eigenvalue weighted by Gasteiger charge is -2.25. The summed E-state index contributed by atoms with van der Waals surface area (Å²) in [5.41, 5.74) is 0. The van der Waals surface area contributed by atoms with E-state index in [1.54, 1.807) is 0 Å². The van der Waals surface area contributed by atoms with Crippen LogP contribution in [0.4, 0.5) is 0 Å². The highest BCUT2D eigenvalue weighted by molar-refractivity contribution is 5.71. The Bertz CT molecular complexity index is 1650. The summed E-state index contributed by atoms with van der Waals surface area (Å²) in [6, 6.07) is 0. The van der Waals surface area contributed by atoms with E-state index in [4.69, 9.17) is 18.9 Å². The molecule has 0 aromatic rings. The fourth-order valence-corrected chi connectivity index (χ4v) is 14.4. The minimum Gasteiger partial charge on any atom is -0.477 e. The molecule has 0 aromatic heterocycles. The smallest absolute Gasteiger partial charge is 0.361 e. The fraction of sp³-hybridized carbons (Fsp3) is 0.945. The molecule has 0 aliphatic carbocycles. The number of carbonyl (C=O) groups is 3. The van der Waals surface area contributed by atoms with Crippen molar-refractivity contribution in [3.05, 3.63) is 12.2 Å². The molecule has 0 rings (SSSR count). The van der Waals surface area contributed by atoms with E-state index in [1.807, 2.05) is 21.1 Å². The molecule has 9 nitrogen and oxygen atoms in total. The molecule has 100 heavy (non-hydrogen) atoms. The van der Waals surface area contributed by atoms with Gasteiger partial charge >= 0.3 is 17.9 Å². The van der Waals surface area contributed by atoms with Crippen LogP contribution in [0.3, 0.4) is 0 Å². The molecule has 0 aromatic carbocycles. The largest absolute Gasteiger partial charge is 0.477 e. The van der Waals surface area contributed by atoms with E-state index in [0.29, 0.717) is 17.4 Å². The molecule has 0 radical (unpaired) electrons. The second-order valence-corrected chi connectivity index (χ2v) is 32.6. The summed E-state index contributed by atoms with van der Waals surface area (Å²) in [4.78, 5) is 37.8. The maximum Gasteiger partial charge on any atom is 0.361 e. The molecule has 0 spiro atoms. The SMILES string of the molecule is CCCCCCCCCC/C=C\CCCCCCCCCCCCCCCCCCCCCCCCCCCCCCCC(=O)OC(COC(=O)CCCCCCCCCCCCCCCCCCCCCCCCCCCCCCCCCCCC)COC(OCC[N+](C)(C)C)C(=O)O. The Hall–Kier alpha value is -1.97. The van der Waals surface area contributed by atoms with Gasteiger partial charge in [0, 0.05) is 12.8 Å². The Morgan fingerprint density at radius 3 is 0.740 bits per heavy atom. The molecule has 1 N–H and O–H groups in total. The summed E-state index contributed by atoms with van der Waals surface area (Å²) in [6.45, 7) is 4.99. The van der Waals surface area contributed by atoms with Gasteiger partial charge in [0.15, 0.2) is 6.10 Å². The molecule has 0 saturated carbocycles. The van der Waals surface area contributed by atoms with Gasteiger partial charge in [-0.25, -0.2) is 4.79 Å². The average Bonchev–Trinajstić information content (AvgIpc) is 1.08. The van der Waals surface area contributed by atoms with Crippen LogP contribution in [0.5, 0.6) is 0 Å². The first kappa shape index (κ1) is 98.0. The molecule has 0 heterocycles. The van der Waals surface area contributed by atoms with Gasteiger partial charge in [-0.05, 0) is 38.5 Å². The predicted molar refractivity (Wildman–Crippen MR) is 434 cm³/mol. The van der Waals surface area contributed by atoms with Crippen molar-refractivity contribution >= 4 is 17.9 Å². The van der Waals surface area contributed by atoms with Crippen LogP contribution in [0.2, 0.25) is 0 Å². The Balaban J connectivity index is 3.87. The summed E-state index contributed by atoms with van der Waals surface area (Å²) in [7, 11) is 6.01. The predicted octanol–water partition coefficient (Wildman–Crippen LogP) is 29.4. The van der Waals surface area contributed by atoms with Crippen molar-refractivity contribution in [2.45, 2.75) is 508 Å². The minimum absolute atomic E-state index is 0.172. The zero-order valence-corrected chi connectivity index (χ0v) is 68.4. The number of allylic oxidation sites excluding steroid dienone is 2. The fourth-order valence-electron chi connectivity index (χ4n) is 14.4. The van der Waals surface area contributed by atoms with Crippen molar-refractivity contribution in [3.63, 3.8) is 0 Å². The standard InChI is InChI=1S/C91H177NO8/c1-6-8-10-12-14-16-18-20-22-24-26-28-30-32-34-36-38-40-42-43-44-45-46-47-48-50-52-54-56-58-60-62-64-66-68-70-72-74-76-78-80-82-89(94)100-87(86-99-91(90(95)96)97-84-83-92(3,4)5)85-98-88(93)81-79-77-75-73-71-69-67-65-63-61-59-57-55-53-51-49-41-39-37-35-33-31-29-27-25-23-21-19-17-15-13-11-9-7-2/h24,26,87,91H,6-23,25,27-86H2,1-5H3/p+1/b26-24-. The van der Waals surface area contributed by atoms with Crippen LogP contribution in [0.1, 0.15) is 495 Å². The van der Waals surface area contributed by atoms with Crippen LogP contribution in [-0.4, -0.2) is 87.4 Å². The first-order valence-corrected chi connectivity index (χ1v) is 45.4.